The number of fused-ring (bicyclic) bond motifs is 3. The number of nitrogens with two attached hydrogens (primary N) is 1. The first-order valence-corrected chi connectivity index (χ1v) is 11.9. The van der Waals surface area contributed by atoms with Gasteiger partial charge in [-0.15, -0.1) is 11.3 Å². The molecule has 0 saturated heterocycles. The third kappa shape index (κ3) is 4.26. The summed E-state index contributed by atoms with van der Waals surface area (Å²) in [5.74, 6) is 0.418. The third-order valence-corrected chi connectivity index (χ3v) is 7.13. The van der Waals surface area contributed by atoms with Crippen LogP contribution >= 0.6 is 11.3 Å². The lowest BCUT2D eigenvalue weighted by Crippen LogP contribution is -2.42. The zero-order valence-corrected chi connectivity index (χ0v) is 20.3. The van der Waals surface area contributed by atoms with Crippen molar-refractivity contribution in [1.82, 2.24) is 9.55 Å². The molecule has 2 heterocycles. The zero-order chi connectivity index (χ0) is 24.4. The van der Waals surface area contributed by atoms with Gasteiger partial charge in [0.2, 0.25) is 0 Å². The molecule has 0 bridgehead atoms. The van der Waals surface area contributed by atoms with Gasteiger partial charge in [0.1, 0.15) is 11.6 Å². The van der Waals surface area contributed by atoms with Crippen molar-refractivity contribution in [2.24, 2.45) is 0 Å². The molecule has 1 aliphatic rings. The second-order valence-corrected chi connectivity index (χ2v) is 9.13. The fraction of sp³-hybridized carbons (Fsp3) is 0.375. The largest absolute Gasteiger partial charge is 0.497 e. The molecule has 0 fully saturated rings. The molecule has 2 aromatic heterocycles. The summed E-state index contributed by atoms with van der Waals surface area (Å²) in [6.45, 7) is 2.54. The number of aryl methyl sites for hydroxylation is 2. The van der Waals surface area contributed by atoms with Crippen molar-refractivity contribution in [3.63, 3.8) is 0 Å². The number of aromatic amines is 1. The summed E-state index contributed by atoms with van der Waals surface area (Å²) >= 11 is 1.39. The number of ether oxygens (including phenoxy) is 2. The van der Waals surface area contributed by atoms with Gasteiger partial charge < -0.3 is 15.2 Å². The normalized spacial score (nSPS) is 12.2. The lowest BCUT2D eigenvalue weighted by molar-refractivity contribution is 0.0979. The molecule has 1 amide bonds. The lowest BCUT2D eigenvalue weighted by Gasteiger charge is -2.23. The van der Waals surface area contributed by atoms with E-state index in [1.165, 1.54) is 33.5 Å². The Hall–Kier alpha value is -3.37. The molecule has 3 N–H and O–H groups in total. The number of benzene rings is 1. The summed E-state index contributed by atoms with van der Waals surface area (Å²) in [5, 5.41) is 0. The number of nitrogen functional groups attached to an aromatic ring is 1. The van der Waals surface area contributed by atoms with Crippen molar-refractivity contribution in [3.8, 4) is 16.2 Å². The summed E-state index contributed by atoms with van der Waals surface area (Å²) in [6.07, 6.45) is 2.30. The number of carbonyl (C=O) groups is 1. The first-order chi connectivity index (χ1) is 16.4. The minimum Gasteiger partial charge on any atom is -0.497 e. The number of carbonyl (C=O) groups excluding carboxylic acids is 1. The molecule has 4 rings (SSSR count). The van der Waals surface area contributed by atoms with Gasteiger partial charge in [0, 0.05) is 25.1 Å². The van der Waals surface area contributed by atoms with Crippen LogP contribution in [-0.4, -0.2) is 42.8 Å². The van der Waals surface area contributed by atoms with Gasteiger partial charge in [0.25, 0.3) is 11.5 Å². The number of hydrogen-bond donors (Lipinski definition) is 2. The number of amides is 1. The van der Waals surface area contributed by atoms with Gasteiger partial charge in [-0.25, -0.2) is 4.79 Å². The van der Waals surface area contributed by atoms with E-state index < -0.39 is 11.2 Å². The molecule has 0 spiro atoms. The molecule has 34 heavy (non-hydrogen) atoms. The Morgan fingerprint density at radius 3 is 2.68 bits per heavy atom. The van der Waals surface area contributed by atoms with E-state index in [0.717, 1.165) is 34.6 Å². The second kappa shape index (κ2) is 9.86. The molecule has 3 aromatic rings. The highest BCUT2D eigenvalue weighted by Crippen LogP contribution is 2.41. The third-order valence-electron chi connectivity index (χ3n) is 5.94. The Morgan fingerprint density at radius 2 is 1.97 bits per heavy atom. The van der Waals surface area contributed by atoms with Crippen LogP contribution in [-0.2, 0) is 24.1 Å². The van der Waals surface area contributed by atoms with E-state index >= 15 is 0 Å². The number of nitrogens with one attached hydrogen (secondary N) is 1. The van der Waals surface area contributed by atoms with Crippen LogP contribution in [0.2, 0.25) is 0 Å². The van der Waals surface area contributed by atoms with E-state index in [4.69, 9.17) is 15.2 Å². The highest BCUT2D eigenvalue weighted by molar-refractivity contribution is 7.17. The van der Waals surface area contributed by atoms with E-state index in [0.29, 0.717) is 17.8 Å². The van der Waals surface area contributed by atoms with Gasteiger partial charge in [-0.2, -0.15) is 0 Å². The molecular weight excluding hydrogens is 456 g/mol. The first-order valence-electron chi connectivity index (χ1n) is 11.1. The van der Waals surface area contributed by atoms with Gasteiger partial charge in [-0.1, -0.05) is 6.92 Å². The summed E-state index contributed by atoms with van der Waals surface area (Å²) < 4.78 is 11.8. The van der Waals surface area contributed by atoms with Crippen LogP contribution in [0.15, 0.2) is 33.9 Å². The Kier molecular flexibility index (Phi) is 6.90. The van der Waals surface area contributed by atoms with Crippen LogP contribution < -0.4 is 26.6 Å². The number of thiophene rings is 1. The van der Waals surface area contributed by atoms with Crippen molar-refractivity contribution >= 4 is 28.7 Å². The summed E-state index contributed by atoms with van der Waals surface area (Å²) in [5.41, 5.74) is 8.28. The molecule has 1 aliphatic carbocycles. The highest BCUT2D eigenvalue weighted by Gasteiger charge is 2.28. The number of rotatable bonds is 8. The van der Waals surface area contributed by atoms with Gasteiger partial charge in [-0.05, 0) is 60.2 Å². The molecule has 9 nitrogen and oxygen atoms in total. The van der Waals surface area contributed by atoms with E-state index in [-0.39, 0.29) is 30.6 Å². The molecule has 0 saturated carbocycles. The van der Waals surface area contributed by atoms with Crippen molar-refractivity contribution in [2.45, 2.75) is 32.7 Å². The molecule has 0 aliphatic heterocycles. The van der Waals surface area contributed by atoms with Crippen LogP contribution in [0.4, 0.5) is 11.5 Å². The van der Waals surface area contributed by atoms with Gasteiger partial charge >= 0.3 is 5.69 Å². The van der Waals surface area contributed by atoms with Gasteiger partial charge in [-0.3, -0.25) is 24.0 Å². The summed E-state index contributed by atoms with van der Waals surface area (Å²) in [4.78, 5) is 43.9. The average molecular weight is 485 g/mol. The van der Waals surface area contributed by atoms with Crippen LogP contribution in [0.3, 0.4) is 0 Å². The Bertz CT molecular complexity index is 1340. The van der Waals surface area contributed by atoms with Crippen LogP contribution in [0, 0.1) is 0 Å². The fourth-order valence-corrected chi connectivity index (χ4v) is 5.48. The van der Waals surface area contributed by atoms with E-state index in [1.807, 2.05) is 31.2 Å². The molecule has 0 atom stereocenters. The predicted molar refractivity (Wildman–Crippen MR) is 133 cm³/mol. The fourth-order valence-electron chi connectivity index (χ4n) is 4.26. The Balaban J connectivity index is 1.78. The number of aromatic nitrogens is 2. The quantitative estimate of drug-likeness (QED) is 0.507. The van der Waals surface area contributed by atoms with Crippen molar-refractivity contribution in [3.05, 3.63) is 61.1 Å². The van der Waals surface area contributed by atoms with Crippen molar-refractivity contribution in [2.75, 3.05) is 38.0 Å². The number of methoxy groups -OCH3 is 2. The smallest absolute Gasteiger partial charge is 0.330 e. The van der Waals surface area contributed by atoms with Crippen LogP contribution in [0.5, 0.6) is 5.75 Å². The topological polar surface area (TPSA) is 120 Å². The number of H-pyrrole nitrogens is 1. The minimum atomic E-state index is -0.696. The van der Waals surface area contributed by atoms with Crippen LogP contribution in [0.1, 0.15) is 34.1 Å². The molecule has 1 aromatic carbocycles. The predicted octanol–water partition coefficient (Wildman–Crippen LogP) is 2.66. The van der Waals surface area contributed by atoms with Crippen molar-refractivity contribution < 1.29 is 14.3 Å². The molecule has 10 heteroatoms. The number of nitrogens with zero attached hydrogens (tertiary/aromatic N) is 2. The standard InChI is InChI=1S/C24H28N4O5S/c1-4-9-28-21(25)19(22(29)26-24(28)31)27(10-11-32-2)23(30)18-13-15-6-5-14-12-16(33-3)7-8-17(14)20(15)34-18/h7-8,12-13H,4-6,9-11,25H2,1-3H3,(H,26,29,31). The molecule has 0 unspecified atom stereocenters. The number of hydrogen-bond acceptors (Lipinski definition) is 7. The molecule has 180 valence electrons. The van der Waals surface area contributed by atoms with Crippen LogP contribution in [0.25, 0.3) is 10.4 Å². The minimum absolute atomic E-state index is 0.0289. The average Bonchev–Trinajstić information content (AvgIpc) is 3.27. The van der Waals surface area contributed by atoms with E-state index in [2.05, 4.69) is 4.98 Å². The molecular formula is C24H28N4O5S. The highest BCUT2D eigenvalue weighted by atomic mass is 32.1. The maximum atomic E-state index is 13.7. The van der Waals surface area contributed by atoms with E-state index in [1.54, 1.807) is 7.11 Å². The van der Waals surface area contributed by atoms with E-state index in [9.17, 15) is 14.4 Å². The zero-order valence-electron chi connectivity index (χ0n) is 19.5. The summed E-state index contributed by atoms with van der Waals surface area (Å²) in [6, 6.07) is 7.85. The first kappa shape index (κ1) is 23.8. The van der Waals surface area contributed by atoms with Gasteiger partial charge in [0.15, 0.2) is 5.69 Å². The Morgan fingerprint density at radius 1 is 1.21 bits per heavy atom. The Labute approximate surface area is 200 Å². The maximum absolute atomic E-state index is 13.7. The van der Waals surface area contributed by atoms with Crippen molar-refractivity contribution in [1.29, 1.82) is 0 Å². The SMILES string of the molecule is CCCn1c(N)c(N(CCOC)C(=O)c2cc3c(s2)-c2ccc(OC)cc2CC3)c(=O)[nH]c1=O. The monoisotopic (exact) mass is 484 g/mol. The summed E-state index contributed by atoms with van der Waals surface area (Å²) in [7, 11) is 3.16. The number of anilines is 2. The maximum Gasteiger partial charge on any atom is 0.330 e. The second-order valence-electron chi connectivity index (χ2n) is 8.08. The van der Waals surface area contributed by atoms with Gasteiger partial charge in [0.05, 0.1) is 18.6 Å². The lowest BCUT2D eigenvalue weighted by atomic mass is 9.91. The molecule has 0 radical (unpaired) electrons.